The van der Waals surface area contributed by atoms with Gasteiger partial charge in [0.1, 0.15) is 16.2 Å². The Morgan fingerprint density at radius 3 is 2.79 bits per heavy atom. The van der Waals surface area contributed by atoms with Crippen LogP contribution in [0.15, 0.2) is 41.0 Å². The number of fused-ring (bicyclic) bond motifs is 1. The molecule has 0 spiro atoms. The predicted octanol–water partition coefficient (Wildman–Crippen LogP) is 4.82. The van der Waals surface area contributed by atoms with Crippen molar-refractivity contribution >= 4 is 44.9 Å². The molecule has 6 heteroatoms. The molecule has 0 bridgehead atoms. The number of hydrogen-bond acceptors (Lipinski definition) is 5. The molecule has 0 aliphatic carbocycles. The van der Waals surface area contributed by atoms with Crippen LogP contribution in [0.5, 0.6) is 0 Å². The second-order valence-corrected chi connectivity index (χ2v) is 7.56. The minimum atomic E-state index is 0.0661. The number of carbonyl (C=O) groups is 1. The van der Waals surface area contributed by atoms with Crippen LogP contribution >= 0.6 is 23.1 Å². The monoisotopic (exact) mass is 357 g/mol. The zero-order valence-electron chi connectivity index (χ0n) is 13.7. The molecular formula is C18H19N3OS2. The standard InChI is InChI=1S/C18H19N3OS2/c1-12-5-3-6-13(2)16(12)21-15(22)7-4-9-23-17-14-8-10-24-18(14)20-11-19-17/h3,5-6,8,10-11H,4,7,9H2,1-2H3,(H,21,22). The molecule has 3 rings (SSSR count). The van der Waals surface area contributed by atoms with Gasteiger partial charge in [0.2, 0.25) is 5.91 Å². The van der Waals surface area contributed by atoms with Gasteiger partial charge in [0.25, 0.3) is 0 Å². The van der Waals surface area contributed by atoms with Gasteiger partial charge in [0, 0.05) is 23.2 Å². The highest BCUT2D eigenvalue weighted by atomic mass is 32.2. The van der Waals surface area contributed by atoms with Crippen molar-refractivity contribution in [1.29, 1.82) is 0 Å². The zero-order chi connectivity index (χ0) is 16.9. The van der Waals surface area contributed by atoms with Crippen molar-refractivity contribution < 1.29 is 4.79 Å². The highest BCUT2D eigenvalue weighted by Gasteiger charge is 2.08. The number of para-hydroxylation sites is 1. The van der Waals surface area contributed by atoms with Gasteiger partial charge in [-0.25, -0.2) is 9.97 Å². The number of thiophene rings is 1. The quantitative estimate of drug-likeness (QED) is 0.390. The van der Waals surface area contributed by atoms with Crippen molar-refractivity contribution in [3.63, 3.8) is 0 Å². The smallest absolute Gasteiger partial charge is 0.224 e. The van der Waals surface area contributed by atoms with Crippen molar-refractivity contribution in [2.75, 3.05) is 11.1 Å². The molecule has 2 aromatic heterocycles. The average molecular weight is 358 g/mol. The minimum Gasteiger partial charge on any atom is -0.326 e. The van der Waals surface area contributed by atoms with E-state index in [0.717, 1.165) is 44.2 Å². The number of nitrogens with zero attached hydrogens (tertiary/aromatic N) is 2. The van der Waals surface area contributed by atoms with Crippen LogP contribution < -0.4 is 5.32 Å². The summed E-state index contributed by atoms with van der Waals surface area (Å²) in [6, 6.07) is 8.08. The molecule has 2 heterocycles. The Balaban J connectivity index is 1.50. The summed E-state index contributed by atoms with van der Waals surface area (Å²) in [5.74, 6) is 0.929. The van der Waals surface area contributed by atoms with Gasteiger partial charge < -0.3 is 5.32 Å². The molecule has 1 aromatic carbocycles. The summed E-state index contributed by atoms with van der Waals surface area (Å²) in [6.45, 7) is 4.03. The van der Waals surface area contributed by atoms with Crippen LogP contribution in [-0.2, 0) is 4.79 Å². The van der Waals surface area contributed by atoms with E-state index in [2.05, 4.69) is 21.4 Å². The Morgan fingerprint density at radius 2 is 2.00 bits per heavy atom. The summed E-state index contributed by atoms with van der Waals surface area (Å²) in [4.78, 5) is 21.8. The van der Waals surface area contributed by atoms with Crippen LogP contribution in [0, 0.1) is 13.8 Å². The van der Waals surface area contributed by atoms with E-state index in [0.29, 0.717) is 6.42 Å². The van der Waals surface area contributed by atoms with Gasteiger partial charge in [-0.05, 0) is 42.8 Å². The third-order valence-electron chi connectivity index (χ3n) is 3.76. The summed E-state index contributed by atoms with van der Waals surface area (Å²) >= 11 is 3.31. The molecule has 24 heavy (non-hydrogen) atoms. The number of carbonyl (C=O) groups excluding carboxylic acids is 1. The predicted molar refractivity (Wildman–Crippen MR) is 102 cm³/mol. The van der Waals surface area contributed by atoms with Crippen molar-refractivity contribution in [2.45, 2.75) is 31.7 Å². The number of aryl methyl sites for hydroxylation is 2. The van der Waals surface area contributed by atoms with E-state index in [-0.39, 0.29) is 5.91 Å². The molecule has 0 radical (unpaired) electrons. The van der Waals surface area contributed by atoms with Crippen LogP contribution in [0.3, 0.4) is 0 Å². The van der Waals surface area contributed by atoms with Crippen LogP contribution in [0.1, 0.15) is 24.0 Å². The van der Waals surface area contributed by atoms with Crippen LogP contribution in [0.2, 0.25) is 0 Å². The fourth-order valence-corrected chi connectivity index (χ4v) is 4.22. The van der Waals surface area contributed by atoms with E-state index in [9.17, 15) is 4.79 Å². The van der Waals surface area contributed by atoms with E-state index >= 15 is 0 Å². The maximum Gasteiger partial charge on any atom is 0.224 e. The molecule has 0 unspecified atom stereocenters. The number of nitrogens with one attached hydrogen (secondary N) is 1. The van der Waals surface area contributed by atoms with Crippen molar-refractivity contribution in [3.05, 3.63) is 47.1 Å². The summed E-state index contributed by atoms with van der Waals surface area (Å²) in [5.41, 5.74) is 3.13. The number of rotatable bonds is 6. The topological polar surface area (TPSA) is 54.9 Å². The first kappa shape index (κ1) is 16.9. The van der Waals surface area contributed by atoms with E-state index in [1.807, 2.05) is 37.4 Å². The lowest BCUT2D eigenvalue weighted by atomic mass is 10.1. The van der Waals surface area contributed by atoms with Gasteiger partial charge in [-0.1, -0.05) is 18.2 Å². The molecular weight excluding hydrogens is 338 g/mol. The Hall–Kier alpha value is -1.92. The van der Waals surface area contributed by atoms with E-state index in [1.165, 1.54) is 0 Å². The summed E-state index contributed by atoms with van der Waals surface area (Å²) < 4.78 is 0. The Bertz CT molecular complexity index is 840. The first-order valence-electron chi connectivity index (χ1n) is 7.82. The molecule has 4 nitrogen and oxygen atoms in total. The maximum absolute atomic E-state index is 12.2. The zero-order valence-corrected chi connectivity index (χ0v) is 15.3. The minimum absolute atomic E-state index is 0.0661. The van der Waals surface area contributed by atoms with Crippen LogP contribution in [0.25, 0.3) is 10.2 Å². The largest absolute Gasteiger partial charge is 0.326 e. The van der Waals surface area contributed by atoms with E-state index in [1.54, 1.807) is 29.4 Å². The molecule has 0 atom stereocenters. The van der Waals surface area contributed by atoms with Crippen LogP contribution in [-0.4, -0.2) is 21.6 Å². The van der Waals surface area contributed by atoms with E-state index < -0.39 is 0 Å². The normalized spacial score (nSPS) is 10.9. The van der Waals surface area contributed by atoms with Gasteiger partial charge in [-0.2, -0.15) is 0 Å². The molecule has 1 N–H and O–H groups in total. The number of amides is 1. The van der Waals surface area contributed by atoms with Gasteiger partial charge in [-0.3, -0.25) is 4.79 Å². The highest BCUT2D eigenvalue weighted by Crippen LogP contribution is 2.28. The van der Waals surface area contributed by atoms with Crippen LogP contribution in [0.4, 0.5) is 5.69 Å². The van der Waals surface area contributed by atoms with Gasteiger partial charge >= 0.3 is 0 Å². The fraction of sp³-hybridized carbons (Fsp3) is 0.278. The van der Waals surface area contributed by atoms with Crippen molar-refractivity contribution in [1.82, 2.24) is 9.97 Å². The first-order valence-corrected chi connectivity index (χ1v) is 9.69. The molecule has 124 valence electrons. The fourth-order valence-electron chi connectivity index (χ4n) is 2.50. The van der Waals surface area contributed by atoms with Gasteiger partial charge in [0.15, 0.2) is 0 Å². The summed E-state index contributed by atoms with van der Waals surface area (Å²) in [7, 11) is 0. The SMILES string of the molecule is Cc1cccc(C)c1NC(=O)CCCSc1ncnc2sccc12. The second kappa shape index (κ2) is 7.77. The molecule has 0 saturated heterocycles. The summed E-state index contributed by atoms with van der Waals surface area (Å²) in [6.07, 6.45) is 2.94. The lowest BCUT2D eigenvalue weighted by molar-refractivity contribution is -0.116. The number of anilines is 1. The average Bonchev–Trinajstić information content (AvgIpc) is 3.04. The molecule has 1 amide bonds. The maximum atomic E-state index is 12.2. The Morgan fingerprint density at radius 1 is 1.21 bits per heavy atom. The second-order valence-electron chi connectivity index (χ2n) is 5.59. The Kier molecular flexibility index (Phi) is 5.48. The van der Waals surface area contributed by atoms with Crippen molar-refractivity contribution in [3.8, 4) is 0 Å². The molecule has 0 fully saturated rings. The number of benzene rings is 1. The number of hydrogen-bond donors (Lipinski definition) is 1. The lowest BCUT2D eigenvalue weighted by Gasteiger charge is -2.11. The molecule has 0 aliphatic heterocycles. The van der Waals surface area contributed by atoms with Gasteiger partial charge in [-0.15, -0.1) is 23.1 Å². The third-order valence-corrected chi connectivity index (χ3v) is 5.67. The van der Waals surface area contributed by atoms with Gasteiger partial charge in [0.05, 0.1) is 0 Å². The van der Waals surface area contributed by atoms with E-state index in [4.69, 9.17) is 0 Å². The highest BCUT2D eigenvalue weighted by molar-refractivity contribution is 7.99. The molecule has 0 aliphatic rings. The lowest BCUT2D eigenvalue weighted by Crippen LogP contribution is -2.13. The third kappa shape index (κ3) is 3.94. The summed E-state index contributed by atoms with van der Waals surface area (Å²) in [5, 5.41) is 7.16. The number of thioether (sulfide) groups is 1. The van der Waals surface area contributed by atoms with Crippen molar-refractivity contribution in [2.24, 2.45) is 0 Å². The molecule has 3 aromatic rings. The molecule has 0 saturated carbocycles. The number of aromatic nitrogens is 2. The Labute approximate surface area is 149 Å². The first-order chi connectivity index (χ1) is 11.6.